The highest BCUT2D eigenvalue weighted by atomic mass is 16.5. The number of nitrogens with two attached hydrogens (primary N) is 1. The number of aryl methyl sites for hydroxylation is 1. The lowest BCUT2D eigenvalue weighted by molar-refractivity contribution is 0.483. The molecule has 2 aromatic rings. The monoisotopic (exact) mass is 238 g/mol. The molecule has 18 heavy (non-hydrogen) atoms. The summed E-state index contributed by atoms with van der Waals surface area (Å²) >= 11 is 0. The van der Waals surface area contributed by atoms with Crippen LogP contribution in [0, 0.1) is 11.3 Å². The van der Waals surface area contributed by atoms with Gasteiger partial charge in [-0.05, 0) is 36.2 Å². The maximum absolute atomic E-state index is 8.99. The van der Waals surface area contributed by atoms with Gasteiger partial charge in [0.05, 0.1) is 11.3 Å². The average molecular weight is 238 g/mol. The van der Waals surface area contributed by atoms with E-state index in [1.54, 1.807) is 18.2 Å². The maximum atomic E-state index is 8.99. The summed E-state index contributed by atoms with van der Waals surface area (Å²) in [6, 6.07) is 14.9. The van der Waals surface area contributed by atoms with E-state index in [9.17, 15) is 0 Å². The fraction of sp³-hybridized carbons (Fsp3) is 0.133. The number of nitrogen functional groups attached to an aromatic ring is 1. The minimum atomic E-state index is 0.497. The summed E-state index contributed by atoms with van der Waals surface area (Å²) in [5.74, 6) is 1.10. The van der Waals surface area contributed by atoms with Crippen LogP contribution >= 0.6 is 0 Å². The van der Waals surface area contributed by atoms with Gasteiger partial charge in [0, 0.05) is 0 Å². The smallest absolute Gasteiger partial charge is 0.150 e. The third-order valence-electron chi connectivity index (χ3n) is 2.71. The highest BCUT2D eigenvalue weighted by Gasteiger charge is 2.06. The zero-order valence-corrected chi connectivity index (χ0v) is 10.2. The van der Waals surface area contributed by atoms with Crippen molar-refractivity contribution in [1.29, 1.82) is 5.26 Å². The van der Waals surface area contributed by atoms with Gasteiger partial charge in [-0.15, -0.1) is 0 Å². The lowest BCUT2D eigenvalue weighted by Crippen LogP contribution is -1.95. The fourth-order valence-corrected chi connectivity index (χ4v) is 1.68. The Labute approximate surface area is 106 Å². The van der Waals surface area contributed by atoms with E-state index >= 15 is 0 Å². The molecular formula is C15H14N2O. The Balaban J connectivity index is 2.32. The van der Waals surface area contributed by atoms with Gasteiger partial charge in [-0.1, -0.05) is 25.1 Å². The number of nitrogens with zero attached hydrogens (tertiary/aromatic N) is 1. The van der Waals surface area contributed by atoms with Gasteiger partial charge in [0.1, 0.15) is 17.6 Å². The average Bonchev–Trinajstić information content (AvgIpc) is 2.41. The predicted molar refractivity (Wildman–Crippen MR) is 71.5 cm³/mol. The Morgan fingerprint density at radius 1 is 1.17 bits per heavy atom. The number of rotatable bonds is 3. The normalized spacial score (nSPS) is 9.78. The van der Waals surface area contributed by atoms with Gasteiger partial charge in [0.25, 0.3) is 0 Å². The minimum absolute atomic E-state index is 0.497. The molecule has 0 atom stereocenters. The second-order valence-electron chi connectivity index (χ2n) is 3.94. The molecule has 90 valence electrons. The van der Waals surface area contributed by atoms with E-state index in [0.29, 0.717) is 22.7 Å². The maximum Gasteiger partial charge on any atom is 0.150 e. The highest BCUT2D eigenvalue weighted by molar-refractivity contribution is 5.57. The van der Waals surface area contributed by atoms with Crippen molar-refractivity contribution < 1.29 is 4.74 Å². The standard InChI is InChI=1S/C15H14N2O/c1-2-11-7-8-15(13(17)9-11)18-14-6-4-3-5-12(14)10-16/h3-9H,2,17H2,1H3. The summed E-state index contributed by atoms with van der Waals surface area (Å²) in [6.45, 7) is 2.07. The highest BCUT2D eigenvalue weighted by Crippen LogP contribution is 2.30. The first-order valence-corrected chi connectivity index (χ1v) is 5.80. The third kappa shape index (κ3) is 2.44. The molecular weight excluding hydrogens is 224 g/mol. The van der Waals surface area contributed by atoms with Crippen LogP contribution in [0.25, 0.3) is 0 Å². The van der Waals surface area contributed by atoms with Gasteiger partial charge >= 0.3 is 0 Å². The van der Waals surface area contributed by atoms with Crippen LogP contribution in [0.1, 0.15) is 18.1 Å². The number of ether oxygens (including phenoxy) is 1. The molecule has 3 heteroatoms. The molecule has 0 heterocycles. The van der Waals surface area contributed by atoms with Gasteiger partial charge in [0.15, 0.2) is 0 Å². The van der Waals surface area contributed by atoms with Crippen molar-refractivity contribution in [2.75, 3.05) is 5.73 Å². The van der Waals surface area contributed by atoms with Crippen LogP contribution < -0.4 is 10.5 Å². The summed E-state index contributed by atoms with van der Waals surface area (Å²) in [7, 11) is 0. The molecule has 0 aliphatic heterocycles. The zero-order valence-electron chi connectivity index (χ0n) is 10.2. The van der Waals surface area contributed by atoms with Crippen LogP contribution in [-0.4, -0.2) is 0 Å². The summed E-state index contributed by atoms with van der Waals surface area (Å²) in [4.78, 5) is 0. The molecule has 2 aromatic carbocycles. The minimum Gasteiger partial charge on any atom is -0.454 e. The van der Waals surface area contributed by atoms with Crippen molar-refractivity contribution >= 4 is 5.69 Å². The lowest BCUT2D eigenvalue weighted by atomic mass is 10.1. The molecule has 0 aliphatic rings. The quantitative estimate of drug-likeness (QED) is 0.832. The van der Waals surface area contributed by atoms with Crippen LogP contribution in [0.2, 0.25) is 0 Å². The lowest BCUT2D eigenvalue weighted by Gasteiger charge is -2.10. The molecule has 0 bridgehead atoms. The number of hydrogen-bond donors (Lipinski definition) is 1. The summed E-state index contributed by atoms with van der Waals surface area (Å²) in [6.07, 6.45) is 0.930. The topological polar surface area (TPSA) is 59.0 Å². The molecule has 2 N–H and O–H groups in total. The van der Waals surface area contributed by atoms with E-state index in [1.807, 2.05) is 24.3 Å². The van der Waals surface area contributed by atoms with Crippen LogP contribution in [0.4, 0.5) is 5.69 Å². The Kier molecular flexibility index (Phi) is 3.49. The Hall–Kier alpha value is -2.47. The summed E-state index contributed by atoms with van der Waals surface area (Å²) in [5.41, 5.74) is 8.17. The SMILES string of the molecule is CCc1ccc(Oc2ccccc2C#N)c(N)c1. The largest absolute Gasteiger partial charge is 0.454 e. The molecule has 0 aliphatic carbocycles. The van der Waals surface area contributed by atoms with Crippen molar-refractivity contribution in [3.8, 4) is 17.6 Å². The van der Waals surface area contributed by atoms with E-state index in [-0.39, 0.29) is 0 Å². The summed E-state index contributed by atoms with van der Waals surface area (Å²) < 4.78 is 5.68. The second kappa shape index (κ2) is 5.24. The molecule has 3 nitrogen and oxygen atoms in total. The van der Waals surface area contributed by atoms with Gasteiger partial charge < -0.3 is 10.5 Å². The van der Waals surface area contributed by atoms with Gasteiger partial charge in [-0.25, -0.2) is 0 Å². The molecule has 0 amide bonds. The number of benzene rings is 2. The number of nitriles is 1. The Bertz CT molecular complexity index is 600. The molecule has 0 fully saturated rings. The Morgan fingerprint density at radius 2 is 1.94 bits per heavy atom. The first-order chi connectivity index (χ1) is 8.74. The van der Waals surface area contributed by atoms with Crippen LogP contribution in [-0.2, 0) is 6.42 Å². The number of para-hydroxylation sites is 1. The Morgan fingerprint density at radius 3 is 2.61 bits per heavy atom. The third-order valence-corrected chi connectivity index (χ3v) is 2.71. The van der Waals surface area contributed by atoms with Crippen molar-refractivity contribution in [3.63, 3.8) is 0 Å². The fourth-order valence-electron chi connectivity index (χ4n) is 1.68. The van der Waals surface area contributed by atoms with Crippen molar-refractivity contribution in [2.24, 2.45) is 0 Å². The molecule has 0 saturated carbocycles. The first-order valence-electron chi connectivity index (χ1n) is 5.80. The van der Waals surface area contributed by atoms with Gasteiger partial charge in [0.2, 0.25) is 0 Å². The molecule has 2 rings (SSSR count). The van der Waals surface area contributed by atoms with E-state index in [0.717, 1.165) is 12.0 Å². The predicted octanol–water partition coefficient (Wildman–Crippen LogP) is 3.50. The van der Waals surface area contributed by atoms with Crippen LogP contribution in [0.15, 0.2) is 42.5 Å². The van der Waals surface area contributed by atoms with Gasteiger partial charge in [-0.2, -0.15) is 5.26 Å². The number of anilines is 1. The summed E-state index contributed by atoms with van der Waals surface area (Å²) in [5, 5.41) is 8.99. The molecule has 0 saturated heterocycles. The molecule has 0 spiro atoms. The molecule has 0 radical (unpaired) electrons. The van der Waals surface area contributed by atoms with Crippen molar-refractivity contribution in [3.05, 3.63) is 53.6 Å². The zero-order chi connectivity index (χ0) is 13.0. The van der Waals surface area contributed by atoms with Gasteiger partial charge in [-0.3, -0.25) is 0 Å². The van der Waals surface area contributed by atoms with Crippen molar-refractivity contribution in [1.82, 2.24) is 0 Å². The van der Waals surface area contributed by atoms with E-state index in [4.69, 9.17) is 15.7 Å². The molecule has 0 aromatic heterocycles. The van der Waals surface area contributed by atoms with Crippen LogP contribution in [0.3, 0.4) is 0 Å². The van der Waals surface area contributed by atoms with Crippen LogP contribution in [0.5, 0.6) is 11.5 Å². The van der Waals surface area contributed by atoms with E-state index in [1.165, 1.54) is 0 Å². The van der Waals surface area contributed by atoms with Crippen molar-refractivity contribution in [2.45, 2.75) is 13.3 Å². The molecule has 0 unspecified atom stereocenters. The van der Waals surface area contributed by atoms with E-state index in [2.05, 4.69) is 13.0 Å². The first kappa shape index (κ1) is 12.0. The second-order valence-corrected chi connectivity index (χ2v) is 3.94. The van der Waals surface area contributed by atoms with E-state index < -0.39 is 0 Å². The number of hydrogen-bond acceptors (Lipinski definition) is 3.